The van der Waals surface area contributed by atoms with Gasteiger partial charge in [0.1, 0.15) is 0 Å². The molecular weight excluding hydrogens is 573 g/mol. The summed E-state index contributed by atoms with van der Waals surface area (Å²) in [5.41, 5.74) is 14.9. The molecule has 0 radical (unpaired) electrons. The molecule has 4 heteroatoms. The molecule has 0 fully saturated rings. The first-order chi connectivity index (χ1) is 22.9. The molecule has 0 saturated carbocycles. The highest BCUT2D eigenvalue weighted by atomic mass is 14.8. The monoisotopic (exact) mass is 604 g/mol. The molecule has 1 N–H and O–H groups in total. The zero-order chi connectivity index (χ0) is 31.7. The molecule has 0 spiro atoms. The molecule has 4 aromatic heterocycles. The lowest BCUT2D eigenvalue weighted by Gasteiger charge is -2.21. The van der Waals surface area contributed by atoms with Crippen molar-refractivity contribution in [2.24, 2.45) is 0 Å². The molecule has 224 valence electrons. The maximum Gasteiger partial charge on any atom is 0.0900 e. The first-order valence-electron chi connectivity index (χ1n) is 16.1. The van der Waals surface area contributed by atoms with E-state index < -0.39 is 0 Å². The Bertz CT molecular complexity index is 2320. The summed E-state index contributed by atoms with van der Waals surface area (Å²) in [6.07, 6.45) is 0. The topological polar surface area (TPSA) is 54.5 Å². The number of pyridine rings is 3. The van der Waals surface area contributed by atoms with Crippen molar-refractivity contribution < 1.29 is 0 Å². The van der Waals surface area contributed by atoms with E-state index in [1.807, 2.05) is 0 Å². The number of aromatic amines is 1. The molecule has 1 aliphatic heterocycles. The summed E-state index contributed by atoms with van der Waals surface area (Å²) in [4.78, 5) is 19.9. The summed E-state index contributed by atoms with van der Waals surface area (Å²) >= 11 is 0. The van der Waals surface area contributed by atoms with Crippen molar-refractivity contribution in [2.75, 3.05) is 0 Å². The zero-order valence-electron chi connectivity index (χ0n) is 26.5. The number of nitrogens with zero attached hydrogens (tertiary/aromatic N) is 3. The van der Waals surface area contributed by atoms with E-state index in [-0.39, 0.29) is 5.41 Å². The Morgan fingerprint density at radius 2 is 0.809 bits per heavy atom. The van der Waals surface area contributed by atoms with Gasteiger partial charge in [0.15, 0.2) is 0 Å². The van der Waals surface area contributed by atoms with E-state index in [0.717, 1.165) is 89.4 Å². The second-order valence-electron chi connectivity index (χ2n) is 13.4. The molecule has 0 amide bonds. The minimum Gasteiger partial charge on any atom is -0.353 e. The third kappa shape index (κ3) is 4.64. The summed E-state index contributed by atoms with van der Waals surface area (Å²) < 4.78 is 0. The van der Waals surface area contributed by atoms with Gasteiger partial charge >= 0.3 is 0 Å². The van der Waals surface area contributed by atoms with E-state index in [9.17, 15) is 0 Å². The first-order valence-corrected chi connectivity index (χ1v) is 16.1. The van der Waals surface area contributed by atoms with Gasteiger partial charge in [-0.25, -0.2) is 15.0 Å². The fourth-order valence-electron chi connectivity index (χ4n) is 6.79. The van der Waals surface area contributed by atoms with Crippen molar-refractivity contribution >= 4 is 21.8 Å². The van der Waals surface area contributed by atoms with Crippen LogP contribution in [0.25, 0.3) is 89.4 Å². The Kier molecular flexibility index (Phi) is 6.03. The predicted octanol–water partition coefficient (Wildman–Crippen LogP) is 11.1. The molecule has 4 aromatic carbocycles. The van der Waals surface area contributed by atoms with Crippen LogP contribution in [-0.4, -0.2) is 19.9 Å². The predicted molar refractivity (Wildman–Crippen MR) is 194 cm³/mol. The number of hydrogen-bond donors (Lipinski definition) is 1. The second-order valence-corrected chi connectivity index (χ2v) is 13.4. The van der Waals surface area contributed by atoms with Crippen LogP contribution in [0.1, 0.15) is 26.3 Å². The molecule has 4 nitrogen and oxygen atoms in total. The quantitative estimate of drug-likeness (QED) is 0.214. The number of H-pyrrole nitrogens is 1. The van der Waals surface area contributed by atoms with Crippen LogP contribution in [0.3, 0.4) is 0 Å². The highest BCUT2D eigenvalue weighted by Crippen LogP contribution is 2.41. The van der Waals surface area contributed by atoms with Crippen molar-refractivity contribution in [2.45, 2.75) is 26.2 Å². The largest absolute Gasteiger partial charge is 0.353 e. The number of aromatic nitrogens is 4. The number of hydrogen-bond acceptors (Lipinski definition) is 3. The van der Waals surface area contributed by atoms with Gasteiger partial charge in [-0.2, -0.15) is 0 Å². The number of para-hydroxylation sites is 2. The van der Waals surface area contributed by atoms with Gasteiger partial charge in [0.25, 0.3) is 0 Å². The van der Waals surface area contributed by atoms with Crippen LogP contribution in [0.5, 0.6) is 0 Å². The molecule has 0 aliphatic carbocycles. The summed E-state index contributed by atoms with van der Waals surface area (Å²) in [6, 6.07) is 47.2. The summed E-state index contributed by atoms with van der Waals surface area (Å²) in [7, 11) is 0. The third-order valence-electron chi connectivity index (χ3n) is 9.30. The van der Waals surface area contributed by atoms with Gasteiger partial charge in [-0.1, -0.05) is 118 Å². The lowest BCUT2D eigenvalue weighted by atomic mass is 9.86. The lowest BCUT2D eigenvalue weighted by molar-refractivity contribution is 0.590. The van der Waals surface area contributed by atoms with E-state index >= 15 is 0 Å². The van der Waals surface area contributed by atoms with Gasteiger partial charge in [0, 0.05) is 21.9 Å². The van der Waals surface area contributed by atoms with Crippen molar-refractivity contribution in [1.82, 2.24) is 19.9 Å². The van der Waals surface area contributed by atoms with Crippen molar-refractivity contribution in [1.29, 1.82) is 0 Å². The smallest absolute Gasteiger partial charge is 0.0900 e. The fraction of sp³-hybridized carbons (Fsp3) is 0.0930. The van der Waals surface area contributed by atoms with Crippen LogP contribution in [0, 0.1) is 0 Å². The molecule has 8 aromatic rings. The van der Waals surface area contributed by atoms with E-state index in [4.69, 9.17) is 15.0 Å². The van der Waals surface area contributed by atoms with Crippen molar-refractivity contribution in [3.63, 3.8) is 0 Å². The van der Waals surface area contributed by atoms with Gasteiger partial charge in [-0.05, 0) is 69.6 Å². The number of rotatable bonds is 2. The summed E-state index contributed by atoms with van der Waals surface area (Å²) in [5.74, 6) is 0. The van der Waals surface area contributed by atoms with Crippen LogP contribution in [0.2, 0.25) is 0 Å². The highest BCUT2D eigenvalue weighted by Gasteiger charge is 2.22. The van der Waals surface area contributed by atoms with Crippen molar-refractivity contribution in [3.05, 3.63) is 139 Å². The standard InChI is InChI=1S/C43H32N4/c1-43(2,3)30-24-39-37-22-28(26-12-6-4-7-13-26)20-35(44-37)33-18-10-16-31-32-17-11-19-34(42(32)47-41(31)33)36-21-29(27-14-8-5-9-15-27)23-38(45-36)40(25-30)46-39/h4-25,47H,1-3H3. The van der Waals surface area contributed by atoms with E-state index in [1.165, 1.54) is 5.56 Å². The Morgan fingerprint density at radius 1 is 0.404 bits per heavy atom. The molecule has 9 rings (SSSR count). The maximum absolute atomic E-state index is 5.35. The number of benzene rings is 4. The minimum atomic E-state index is -0.118. The molecular formula is C43H32N4. The lowest BCUT2D eigenvalue weighted by Crippen LogP contribution is -2.12. The Labute approximate surface area is 273 Å². The fourth-order valence-corrected chi connectivity index (χ4v) is 6.79. The van der Waals surface area contributed by atoms with Crippen LogP contribution >= 0.6 is 0 Å². The van der Waals surface area contributed by atoms with Gasteiger partial charge in [-0.3, -0.25) is 0 Å². The van der Waals surface area contributed by atoms with E-state index in [1.54, 1.807) is 0 Å². The summed E-state index contributed by atoms with van der Waals surface area (Å²) in [5, 5.41) is 2.33. The molecule has 0 atom stereocenters. The molecule has 0 saturated heterocycles. The molecule has 0 unspecified atom stereocenters. The Morgan fingerprint density at radius 3 is 1.26 bits per heavy atom. The summed E-state index contributed by atoms with van der Waals surface area (Å²) in [6.45, 7) is 6.74. The average Bonchev–Trinajstić information content (AvgIpc) is 3.50. The average molecular weight is 605 g/mol. The van der Waals surface area contributed by atoms with Crippen LogP contribution in [0.4, 0.5) is 0 Å². The van der Waals surface area contributed by atoms with Crippen LogP contribution in [0.15, 0.2) is 133 Å². The van der Waals surface area contributed by atoms with Crippen LogP contribution < -0.4 is 0 Å². The first kappa shape index (κ1) is 27.4. The highest BCUT2D eigenvalue weighted by molar-refractivity contribution is 6.15. The number of nitrogens with one attached hydrogen (secondary N) is 1. The maximum atomic E-state index is 5.35. The molecule has 5 heterocycles. The van der Waals surface area contributed by atoms with Gasteiger partial charge in [0.2, 0.25) is 0 Å². The van der Waals surface area contributed by atoms with Gasteiger partial charge in [0.05, 0.1) is 45.2 Å². The molecule has 8 bridgehead atoms. The number of fused-ring (bicyclic) bond motifs is 11. The minimum absolute atomic E-state index is 0.118. The Balaban J connectivity index is 1.45. The zero-order valence-corrected chi connectivity index (χ0v) is 26.5. The van der Waals surface area contributed by atoms with Gasteiger partial charge < -0.3 is 4.98 Å². The Hall–Kier alpha value is -5.87. The van der Waals surface area contributed by atoms with Crippen molar-refractivity contribution in [3.8, 4) is 67.5 Å². The van der Waals surface area contributed by atoms with Crippen LogP contribution in [-0.2, 0) is 5.41 Å². The SMILES string of the molecule is CC(C)(C)c1cc2nc(c1)-c1cc(-c3ccccc3)cc(n1)-c1cccc3c1[nH]c1c(cccc13)-c1cc(-c3ccccc3)cc-2n1. The molecule has 47 heavy (non-hydrogen) atoms. The normalized spacial score (nSPS) is 12.1. The van der Waals surface area contributed by atoms with E-state index in [0.29, 0.717) is 0 Å². The molecule has 1 aliphatic rings. The second kappa shape index (κ2) is 10.3. The van der Waals surface area contributed by atoms with Gasteiger partial charge in [-0.15, -0.1) is 0 Å². The third-order valence-corrected chi connectivity index (χ3v) is 9.30. The van der Waals surface area contributed by atoms with E-state index in [2.05, 4.69) is 159 Å².